The van der Waals surface area contributed by atoms with Crippen LogP contribution in [0.25, 0.3) is 0 Å². The predicted octanol–water partition coefficient (Wildman–Crippen LogP) is 1.44. The number of ether oxygens (including phenoxy) is 3. The van der Waals surface area contributed by atoms with E-state index in [1.54, 1.807) is 19.1 Å². The molecular weight excluding hydrogens is 284 g/mol. The lowest BCUT2D eigenvalue weighted by atomic mass is 10.1. The maximum Gasteiger partial charge on any atom is 0.228 e. The van der Waals surface area contributed by atoms with Crippen LogP contribution in [0.15, 0.2) is 18.2 Å². The van der Waals surface area contributed by atoms with Crippen LogP contribution in [0.1, 0.15) is 13.3 Å². The third kappa shape index (κ3) is 3.90. The zero-order valence-corrected chi connectivity index (χ0v) is 13.4. The smallest absolute Gasteiger partial charge is 0.228 e. The molecule has 2 rings (SSSR count). The summed E-state index contributed by atoms with van der Waals surface area (Å²) in [6, 6.07) is 5.58. The van der Waals surface area contributed by atoms with Gasteiger partial charge in [-0.25, -0.2) is 0 Å². The summed E-state index contributed by atoms with van der Waals surface area (Å²) in [4.78, 5) is 14.3. The van der Waals surface area contributed by atoms with Crippen molar-refractivity contribution in [1.82, 2.24) is 5.32 Å². The van der Waals surface area contributed by atoms with Crippen molar-refractivity contribution in [3.8, 4) is 11.5 Å². The molecule has 1 aromatic carbocycles. The molecular formula is C16H24N2O4. The minimum Gasteiger partial charge on any atom is -0.493 e. The SMILES string of the molecule is CCN(C(=O)CC1COCCN1)c1ccc(OC)c(OC)c1. The summed E-state index contributed by atoms with van der Waals surface area (Å²) in [6.45, 7) is 4.63. The molecule has 0 aliphatic carbocycles. The molecule has 1 atom stereocenters. The highest BCUT2D eigenvalue weighted by molar-refractivity contribution is 5.94. The van der Waals surface area contributed by atoms with E-state index in [4.69, 9.17) is 14.2 Å². The Balaban J connectivity index is 2.11. The van der Waals surface area contributed by atoms with Crippen molar-refractivity contribution in [2.75, 3.05) is 45.4 Å². The van der Waals surface area contributed by atoms with Crippen LogP contribution < -0.4 is 19.7 Å². The number of hydrogen-bond acceptors (Lipinski definition) is 5. The van der Waals surface area contributed by atoms with Crippen molar-refractivity contribution in [3.63, 3.8) is 0 Å². The summed E-state index contributed by atoms with van der Waals surface area (Å²) >= 11 is 0. The molecule has 1 fully saturated rings. The van der Waals surface area contributed by atoms with Crippen LogP contribution in [-0.4, -0.2) is 52.5 Å². The Kier molecular flexibility index (Phi) is 6.03. The number of methoxy groups -OCH3 is 2. The van der Waals surface area contributed by atoms with Gasteiger partial charge in [-0.2, -0.15) is 0 Å². The zero-order valence-electron chi connectivity index (χ0n) is 13.4. The Morgan fingerprint density at radius 2 is 2.14 bits per heavy atom. The van der Waals surface area contributed by atoms with E-state index in [1.807, 2.05) is 25.1 Å². The summed E-state index contributed by atoms with van der Waals surface area (Å²) in [5.74, 6) is 1.33. The maximum absolute atomic E-state index is 12.6. The molecule has 1 amide bonds. The van der Waals surface area contributed by atoms with Crippen LogP contribution in [0.4, 0.5) is 5.69 Å². The second kappa shape index (κ2) is 8.00. The van der Waals surface area contributed by atoms with Gasteiger partial charge in [-0.1, -0.05) is 0 Å². The minimum absolute atomic E-state index is 0.0673. The number of amides is 1. The first-order valence-corrected chi connectivity index (χ1v) is 7.53. The van der Waals surface area contributed by atoms with Crippen molar-refractivity contribution in [3.05, 3.63) is 18.2 Å². The van der Waals surface area contributed by atoms with E-state index in [1.165, 1.54) is 0 Å². The summed E-state index contributed by atoms with van der Waals surface area (Å²) in [6.07, 6.45) is 0.419. The van der Waals surface area contributed by atoms with Crippen molar-refractivity contribution in [1.29, 1.82) is 0 Å². The third-order valence-electron chi connectivity index (χ3n) is 3.72. The molecule has 6 nitrogen and oxygen atoms in total. The topological polar surface area (TPSA) is 60.0 Å². The Hall–Kier alpha value is -1.79. The number of morpholine rings is 1. The summed E-state index contributed by atoms with van der Waals surface area (Å²) in [7, 11) is 3.18. The van der Waals surface area contributed by atoms with Crippen LogP contribution in [0.5, 0.6) is 11.5 Å². The number of anilines is 1. The van der Waals surface area contributed by atoms with Gasteiger partial charge in [0.05, 0.1) is 27.4 Å². The first-order valence-electron chi connectivity index (χ1n) is 7.53. The van der Waals surface area contributed by atoms with Crippen LogP contribution in [-0.2, 0) is 9.53 Å². The highest BCUT2D eigenvalue weighted by Crippen LogP contribution is 2.31. The van der Waals surface area contributed by atoms with E-state index in [2.05, 4.69) is 5.32 Å². The van der Waals surface area contributed by atoms with Crippen LogP contribution in [0.3, 0.4) is 0 Å². The van der Waals surface area contributed by atoms with Gasteiger partial charge in [0.15, 0.2) is 11.5 Å². The average molecular weight is 308 g/mol. The molecule has 1 aromatic rings. The van der Waals surface area contributed by atoms with Gasteiger partial charge < -0.3 is 24.4 Å². The van der Waals surface area contributed by atoms with Gasteiger partial charge in [-0.3, -0.25) is 4.79 Å². The number of nitrogens with one attached hydrogen (secondary N) is 1. The van der Waals surface area contributed by atoms with Gasteiger partial charge in [0.2, 0.25) is 5.91 Å². The quantitative estimate of drug-likeness (QED) is 0.861. The molecule has 22 heavy (non-hydrogen) atoms. The number of rotatable bonds is 6. The molecule has 1 unspecified atom stereocenters. The van der Waals surface area contributed by atoms with E-state index in [-0.39, 0.29) is 11.9 Å². The van der Waals surface area contributed by atoms with Crippen molar-refractivity contribution in [2.45, 2.75) is 19.4 Å². The lowest BCUT2D eigenvalue weighted by Crippen LogP contribution is -2.45. The zero-order chi connectivity index (χ0) is 15.9. The third-order valence-corrected chi connectivity index (χ3v) is 3.72. The van der Waals surface area contributed by atoms with E-state index in [0.717, 1.165) is 12.2 Å². The van der Waals surface area contributed by atoms with Crippen molar-refractivity contribution < 1.29 is 19.0 Å². The summed E-state index contributed by atoms with van der Waals surface area (Å²) < 4.78 is 15.9. The lowest BCUT2D eigenvalue weighted by Gasteiger charge is -2.27. The van der Waals surface area contributed by atoms with Gasteiger partial charge in [0, 0.05) is 37.3 Å². The second-order valence-corrected chi connectivity index (χ2v) is 5.11. The van der Waals surface area contributed by atoms with Crippen LogP contribution in [0, 0.1) is 0 Å². The fourth-order valence-corrected chi connectivity index (χ4v) is 2.57. The Bertz CT molecular complexity index is 501. The molecule has 1 heterocycles. The van der Waals surface area contributed by atoms with Crippen LogP contribution >= 0.6 is 0 Å². The first-order chi connectivity index (χ1) is 10.7. The van der Waals surface area contributed by atoms with Gasteiger partial charge in [-0.15, -0.1) is 0 Å². The molecule has 0 bridgehead atoms. The fraction of sp³-hybridized carbons (Fsp3) is 0.562. The number of hydrogen-bond donors (Lipinski definition) is 1. The first kappa shape index (κ1) is 16.6. The Morgan fingerprint density at radius 3 is 2.73 bits per heavy atom. The van der Waals surface area contributed by atoms with Crippen molar-refractivity contribution in [2.24, 2.45) is 0 Å². The minimum atomic E-state index is 0.0673. The number of carbonyl (C=O) groups excluding carboxylic acids is 1. The Labute approximate surface area is 131 Å². The van der Waals surface area contributed by atoms with E-state index in [9.17, 15) is 4.79 Å². The molecule has 0 radical (unpaired) electrons. The molecule has 0 spiro atoms. The second-order valence-electron chi connectivity index (χ2n) is 5.11. The summed E-state index contributed by atoms with van der Waals surface area (Å²) in [5, 5.41) is 3.30. The van der Waals surface area contributed by atoms with E-state index >= 15 is 0 Å². The normalized spacial score (nSPS) is 17.9. The average Bonchev–Trinajstić information content (AvgIpc) is 2.56. The highest BCUT2D eigenvalue weighted by atomic mass is 16.5. The monoisotopic (exact) mass is 308 g/mol. The maximum atomic E-state index is 12.6. The number of benzene rings is 1. The molecule has 0 saturated carbocycles. The molecule has 6 heteroatoms. The van der Waals surface area contributed by atoms with Crippen molar-refractivity contribution >= 4 is 11.6 Å². The van der Waals surface area contributed by atoms with Crippen LogP contribution in [0.2, 0.25) is 0 Å². The van der Waals surface area contributed by atoms with E-state index in [0.29, 0.717) is 37.7 Å². The van der Waals surface area contributed by atoms with Gasteiger partial charge in [0.25, 0.3) is 0 Å². The number of carbonyl (C=O) groups is 1. The lowest BCUT2D eigenvalue weighted by molar-refractivity contribution is -0.119. The largest absolute Gasteiger partial charge is 0.493 e. The molecule has 1 aliphatic heterocycles. The molecule has 1 N–H and O–H groups in total. The van der Waals surface area contributed by atoms with Gasteiger partial charge >= 0.3 is 0 Å². The molecule has 1 saturated heterocycles. The fourth-order valence-electron chi connectivity index (χ4n) is 2.57. The standard InChI is InChI=1S/C16H24N2O4/c1-4-18(16(19)9-12-11-22-8-7-17-12)13-5-6-14(20-2)15(10-13)21-3/h5-6,10,12,17H,4,7-9,11H2,1-3H3. The predicted molar refractivity (Wildman–Crippen MR) is 84.8 cm³/mol. The van der Waals surface area contributed by atoms with E-state index < -0.39 is 0 Å². The molecule has 122 valence electrons. The molecule has 0 aromatic heterocycles. The van der Waals surface area contributed by atoms with Gasteiger partial charge in [0.1, 0.15) is 0 Å². The summed E-state index contributed by atoms with van der Waals surface area (Å²) in [5.41, 5.74) is 0.807. The Morgan fingerprint density at radius 1 is 1.36 bits per heavy atom. The number of nitrogens with zero attached hydrogens (tertiary/aromatic N) is 1. The highest BCUT2D eigenvalue weighted by Gasteiger charge is 2.22. The molecule has 1 aliphatic rings. The van der Waals surface area contributed by atoms with Gasteiger partial charge in [-0.05, 0) is 19.1 Å².